The molecule has 0 unspecified atom stereocenters. The van der Waals surface area contributed by atoms with Crippen LogP contribution in [0.1, 0.15) is 35.3 Å². The van der Waals surface area contributed by atoms with Gasteiger partial charge in [0.25, 0.3) is 5.91 Å². The van der Waals surface area contributed by atoms with Crippen molar-refractivity contribution in [3.8, 4) is 0 Å². The van der Waals surface area contributed by atoms with Crippen LogP contribution in [0.2, 0.25) is 0 Å². The van der Waals surface area contributed by atoms with Gasteiger partial charge in [-0.15, -0.1) is 11.3 Å². The molecular weight excluding hydrogens is 208 g/mol. The fraction of sp³-hybridized carbons (Fsp3) is 0.545. The SMILES string of the molecule is CCc1ccc(C(=O)NCC(C)(C)N)s1. The van der Waals surface area contributed by atoms with Gasteiger partial charge in [-0.2, -0.15) is 0 Å². The molecule has 0 fully saturated rings. The Hall–Kier alpha value is -0.870. The largest absolute Gasteiger partial charge is 0.350 e. The lowest BCUT2D eigenvalue weighted by Crippen LogP contribution is -2.44. The summed E-state index contributed by atoms with van der Waals surface area (Å²) in [7, 11) is 0. The molecule has 1 aromatic heterocycles. The highest BCUT2D eigenvalue weighted by Gasteiger charge is 2.14. The molecule has 0 radical (unpaired) electrons. The molecule has 0 aliphatic heterocycles. The van der Waals surface area contributed by atoms with Gasteiger partial charge < -0.3 is 11.1 Å². The van der Waals surface area contributed by atoms with Crippen molar-refractivity contribution in [1.82, 2.24) is 5.32 Å². The molecule has 15 heavy (non-hydrogen) atoms. The van der Waals surface area contributed by atoms with Crippen LogP contribution in [0, 0.1) is 0 Å². The van der Waals surface area contributed by atoms with Gasteiger partial charge in [0, 0.05) is 17.0 Å². The summed E-state index contributed by atoms with van der Waals surface area (Å²) in [5, 5.41) is 2.82. The summed E-state index contributed by atoms with van der Waals surface area (Å²) in [4.78, 5) is 13.7. The fourth-order valence-corrected chi connectivity index (χ4v) is 1.95. The number of hydrogen-bond acceptors (Lipinski definition) is 3. The maximum Gasteiger partial charge on any atom is 0.261 e. The van der Waals surface area contributed by atoms with Crippen molar-refractivity contribution < 1.29 is 4.79 Å². The summed E-state index contributed by atoms with van der Waals surface area (Å²) in [5.74, 6) is -0.0294. The molecule has 0 aromatic carbocycles. The second-order valence-corrected chi connectivity index (χ2v) is 5.46. The van der Waals surface area contributed by atoms with Gasteiger partial charge in [-0.05, 0) is 32.4 Å². The predicted octanol–water partition coefficient (Wildman–Crippen LogP) is 1.78. The lowest BCUT2D eigenvalue weighted by molar-refractivity contribution is 0.0950. The number of carbonyl (C=O) groups is 1. The Bertz CT molecular complexity index is 339. The molecule has 3 N–H and O–H groups in total. The number of thiophene rings is 1. The van der Waals surface area contributed by atoms with E-state index in [9.17, 15) is 4.79 Å². The van der Waals surface area contributed by atoms with Crippen molar-refractivity contribution in [2.75, 3.05) is 6.54 Å². The summed E-state index contributed by atoms with van der Waals surface area (Å²) in [6.07, 6.45) is 0.973. The van der Waals surface area contributed by atoms with E-state index in [1.807, 2.05) is 26.0 Å². The van der Waals surface area contributed by atoms with E-state index < -0.39 is 0 Å². The molecule has 0 atom stereocenters. The van der Waals surface area contributed by atoms with Gasteiger partial charge in [0.15, 0.2) is 0 Å². The third-order valence-corrected chi connectivity index (χ3v) is 3.17. The van der Waals surface area contributed by atoms with Crippen LogP contribution in [-0.4, -0.2) is 18.0 Å². The van der Waals surface area contributed by atoms with E-state index >= 15 is 0 Å². The van der Waals surface area contributed by atoms with Gasteiger partial charge in [-0.1, -0.05) is 6.92 Å². The number of carbonyl (C=O) groups excluding carboxylic acids is 1. The molecule has 1 rings (SSSR count). The maximum absolute atomic E-state index is 11.7. The summed E-state index contributed by atoms with van der Waals surface area (Å²) >= 11 is 1.54. The molecule has 84 valence electrons. The molecule has 0 bridgehead atoms. The summed E-state index contributed by atoms with van der Waals surface area (Å²) < 4.78 is 0. The van der Waals surface area contributed by atoms with Crippen LogP contribution in [-0.2, 0) is 6.42 Å². The molecule has 0 saturated carbocycles. The molecule has 1 heterocycles. The Morgan fingerprint density at radius 1 is 1.53 bits per heavy atom. The van der Waals surface area contributed by atoms with Crippen molar-refractivity contribution in [2.24, 2.45) is 5.73 Å². The zero-order valence-corrected chi connectivity index (χ0v) is 10.3. The zero-order chi connectivity index (χ0) is 11.5. The van der Waals surface area contributed by atoms with Crippen LogP contribution >= 0.6 is 11.3 Å². The van der Waals surface area contributed by atoms with E-state index in [1.54, 1.807) is 0 Å². The number of rotatable bonds is 4. The van der Waals surface area contributed by atoms with Crippen molar-refractivity contribution >= 4 is 17.2 Å². The Kier molecular flexibility index (Phi) is 3.88. The number of hydrogen-bond donors (Lipinski definition) is 2. The van der Waals surface area contributed by atoms with Crippen LogP contribution in [0.4, 0.5) is 0 Å². The highest BCUT2D eigenvalue weighted by Crippen LogP contribution is 2.16. The first-order valence-electron chi connectivity index (χ1n) is 5.08. The molecule has 0 aliphatic carbocycles. The molecule has 3 nitrogen and oxygen atoms in total. The second kappa shape index (κ2) is 4.77. The topological polar surface area (TPSA) is 55.1 Å². The summed E-state index contributed by atoms with van der Waals surface area (Å²) in [6, 6.07) is 3.86. The Morgan fingerprint density at radius 3 is 2.67 bits per heavy atom. The first-order chi connectivity index (χ1) is 6.92. The van der Waals surface area contributed by atoms with Crippen LogP contribution in [0.5, 0.6) is 0 Å². The Labute approximate surface area is 94.7 Å². The number of aryl methyl sites for hydroxylation is 1. The van der Waals surface area contributed by atoms with Crippen molar-refractivity contribution in [1.29, 1.82) is 0 Å². The number of nitrogens with two attached hydrogens (primary N) is 1. The first kappa shape index (κ1) is 12.2. The van der Waals surface area contributed by atoms with Gasteiger partial charge in [-0.25, -0.2) is 0 Å². The minimum Gasteiger partial charge on any atom is -0.350 e. The monoisotopic (exact) mass is 226 g/mol. The molecular formula is C11H18N2OS. The van der Waals surface area contributed by atoms with Crippen LogP contribution in [0.25, 0.3) is 0 Å². The minimum atomic E-state index is -0.361. The predicted molar refractivity (Wildman–Crippen MR) is 64.3 cm³/mol. The van der Waals surface area contributed by atoms with Crippen molar-refractivity contribution in [3.63, 3.8) is 0 Å². The van der Waals surface area contributed by atoms with E-state index in [0.717, 1.165) is 11.3 Å². The summed E-state index contributed by atoms with van der Waals surface area (Å²) in [6.45, 7) is 6.35. The van der Waals surface area contributed by atoms with E-state index in [4.69, 9.17) is 5.73 Å². The molecule has 1 amide bonds. The van der Waals surface area contributed by atoms with Gasteiger partial charge in [0.05, 0.1) is 4.88 Å². The molecule has 0 spiro atoms. The van der Waals surface area contributed by atoms with Crippen LogP contribution < -0.4 is 11.1 Å². The van der Waals surface area contributed by atoms with Crippen LogP contribution in [0.3, 0.4) is 0 Å². The Morgan fingerprint density at radius 2 is 2.20 bits per heavy atom. The van der Waals surface area contributed by atoms with E-state index in [0.29, 0.717) is 6.54 Å². The third kappa shape index (κ3) is 4.01. The molecule has 1 aromatic rings. The van der Waals surface area contributed by atoms with E-state index in [2.05, 4.69) is 12.2 Å². The van der Waals surface area contributed by atoms with Crippen molar-refractivity contribution in [3.05, 3.63) is 21.9 Å². The average molecular weight is 226 g/mol. The normalized spacial score (nSPS) is 11.5. The Balaban J connectivity index is 2.54. The standard InChI is InChI=1S/C11H18N2OS/c1-4-8-5-6-9(15-8)10(14)13-7-11(2,3)12/h5-6H,4,7,12H2,1-3H3,(H,13,14). The fourth-order valence-electron chi connectivity index (χ4n) is 1.09. The summed E-state index contributed by atoms with van der Waals surface area (Å²) in [5.41, 5.74) is 5.42. The quantitative estimate of drug-likeness (QED) is 0.822. The highest BCUT2D eigenvalue weighted by molar-refractivity contribution is 7.14. The number of nitrogens with one attached hydrogen (secondary N) is 1. The van der Waals surface area contributed by atoms with Gasteiger partial charge in [0.2, 0.25) is 0 Å². The molecule has 4 heteroatoms. The van der Waals surface area contributed by atoms with Gasteiger partial charge >= 0.3 is 0 Å². The maximum atomic E-state index is 11.7. The van der Waals surface area contributed by atoms with Crippen LogP contribution in [0.15, 0.2) is 12.1 Å². The number of amides is 1. The third-order valence-electron chi connectivity index (χ3n) is 1.94. The molecule has 0 aliphatic rings. The van der Waals surface area contributed by atoms with E-state index in [-0.39, 0.29) is 11.4 Å². The second-order valence-electron chi connectivity index (χ2n) is 4.29. The van der Waals surface area contributed by atoms with Crippen molar-refractivity contribution in [2.45, 2.75) is 32.7 Å². The smallest absolute Gasteiger partial charge is 0.261 e. The lowest BCUT2D eigenvalue weighted by Gasteiger charge is -2.18. The van der Waals surface area contributed by atoms with Gasteiger partial charge in [0.1, 0.15) is 0 Å². The van der Waals surface area contributed by atoms with E-state index in [1.165, 1.54) is 16.2 Å². The zero-order valence-electron chi connectivity index (χ0n) is 9.46. The highest BCUT2D eigenvalue weighted by atomic mass is 32.1. The first-order valence-corrected chi connectivity index (χ1v) is 5.90. The van der Waals surface area contributed by atoms with Gasteiger partial charge in [-0.3, -0.25) is 4.79 Å². The molecule has 0 saturated heterocycles. The lowest BCUT2D eigenvalue weighted by atomic mass is 10.1. The average Bonchev–Trinajstić information content (AvgIpc) is 2.61. The minimum absolute atomic E-state index is 0.0294.